The summed E-state index contributed by atoms with van der Waals surface area (Å²) in [7, 11) is 0. The van der Waals surface area contributed by atoms with Gasteiger partial charge >= 0.3 is 6.03 Å². The first-order valence-electron chi connectivity index (χ1n) is 4.74. The Bertz CT molecular complexity index is 398. The first-order valence-corrected chi connectivity index (χ1v) is 4.74. The van der Waals surface area contributed by atoms with Gasteiger partial charge in [-0.15, -0.1) is 0 Å². The third-order valence-corrected chi connectivity index (χ3v) is 2.31. The van der Waals surface area contributed by atoms with Gasteiger partial charge in [0.25, 0.3) is 5.91 Å². The quantitative estimate of drug-likeness (QED) is 0.675. The van der Waals surface area contributed by atoms with Crippen LogP contribution in [0, 0.1) is 6.92 Å². The summed E-state index contributed by atoms with van der Waals surface area (Å²) in [6.45, 7) is 2.56. The number of hydrogen-bond donors (Lipinski definition) is 0. The van der Waals surface area contributed by atoms with Gasteiger partial charge in [-0.1, -0.05) is 29.8 Å². The van der Waals surface area contributed by atoms with Crippen LogP contribution in [0.3, 0.4) is 0 Å². The van der Waals surface area contributed by atoms with Crippen LogP contribution in [-0.4, -0.2) is 23.4 Å². The highest BCUT2D eigenvalue weighted by Crippen LogP contribution is 2.09. The Labute approximate surface area is 87.9 Å². The molecule has 3 amide bonds. The lowest BCUT2D eigenvalue weighted by Gasteiger charge is -2.12. The van der Waals surface area contributed by atoms with Gasteiger partial charge in [-0.3, -0.25) is 4.79 Å². The van der Waals surface area contributed by atoms with Crippen molar-refractivity contribution in [1.29, 1.82) is 0 Å². The zero-order valence-corrected chi connectivity index (χ0v) is 8.43. The lowest BCUT2D eigenvalue weighted by molar-refractivity contribution is -0.118. The molecule has 2 rings (SSSR count). The number of aryl methyl sites for hydroxylation is 1. The molecule has 4 nitrogen and oxygen atoms in total. The SMILES string of the molecule is Cc1ccc(CN2CC(=O)[N]C2=O)cc1. The zero-order chi connectivity index (χ0) is 10.8. The van der Waals surface area contributed by atoms with E-state index in [2.05, 4.69) is 5.32 Å². The van der Waals surface area contributed by atoms with E-state index in [9.17, 15) is 9.59 Å². The van der Waals surface area contributed by atoms with Crippen LogP contribution in [0.1, 0.15) is 11.1 Å². The summed E-state index contributed by atoms with van der Waals surface area (Å²) in [4.78, 5) is 23.5. The summed E-state index contributed by atoms with van der Waals surface area (Å²) in [5.41, 5.74) is 2.19. The predicted molar refractivity (Wildman–Crippen MR) is 54.1 cm³/mol. The third kappa shape index (κ3) is 2.15. The molecule has 0 aromatic heterocycles. The molecule has 0 spiro atoms. The molecule has 0 aliphatic carbocycles. The summed E-state index contributed by atoms with van der Waals surface area (Å²) in [6, 6.07) is 7.43. The number of benzene rings is 1. The molecule has 0 unspecified atom stereocenters. The van der Waals surface area contributed by atoms with Gasteiger partial charge in [0, 0.05) is 6.54 Å². The minimum atomic E-state index is -0.430. The predicted octanol–water partition coefficient (Wildman–Crippen LogP) is 1.06. The van der Waals surface area contributed by atoms with E-state index in [-0.39, 0.29) is 12.5 Å². The Morgan fingerprint density at radius 1 is 1.27 bits per heavy atom. The minimum Gasteiger partial charge on any atom is -0.309 e. The molecule has 15 heavy (non-hydrogen) atoms. The fourth-order valence-corrected chi connectivity index (χ4v) is 1.48. The fraction of sp³-hybridized carbons (Fsp3) is 0.273. The first-order chi connectivity index (χ1) is 7.15. The van der Waals surface area contributed by atoms with E-state index >= 15 is 0 Å². The number of urea groups is 1. The van der Waals surface area contributed by atoms with Crippen LogP contribution in [0.25, 0.3) is 0 Å². The zero-order valence-electron chi connectivity index (χ0n) is 8.43. The summed E-state index contributed by atoms with van der Waals surface area (Å²) >= 11 is 0. The van der Waals surface area contributed by atoms with Crippen LogP contribution in [0.15, 0.2) is 24.3 Å². The highest BCUT2D eigenvalue weighted by atomic mass is 16.2. The van der Waals surface area contributed by atoms with Crippen LogP contribution in [-0.2, 0) is 11.3 Å². The van der Waals surface area contributed by atoms with Crippen LogP contribution in [0.2, 0.25) is 0 Å². The molecule has 0 N–H and O–H groups in total. The van der Waals surface area contributed by atoms with Crippen molar-refractivity contribution in [2.24, 2.45) is 0 Å². The van der Waals surface area contributed by atoms with Crippen LogP contribution < -0.4 is 5.32 Å². The van der Waals surface area contributed by atoms with Crippen molar-refractivity contribution in [1.82, 2.24) is 10.2 Å². The summed E-state index contributed by atoms with van der Waals surface area (Å²) in [6.07, 6.45) is 0. The van der Waals surface area contributed by atoms with Gasteiger partial charge in [0.1, 0.15) is 6.54 Å². The molecular formula is C11H11N2O2. The summed E-state index contributed by atoms with van der Waals surface area (Å²) in [5, 5.41) is 3.33. The van der Waals surface area contributed by atoms with E-state index in [4.69, 9.17) is 0 Å². The Balaban J connectivity index is 2.06. The Kier molecular flexibility index (Phi) is 2.41. The Morgan fingerprint density at radius 3 is 2.47 bits per heavy atom. The first kappa shape index (κ1) is 9.71. The topological polar surface area (TPSA) is 51.5 Å². The van der Waals surface area contributed by atoms with Crippen molar-refractivity contribution in [2.45, 2.75) is 13.5 Å². The number of nitrogens with zero attached hydrogens (tertiary/aromatic N) is 2. The van der Waals surface area contributed by atoms with Gasteiger partial charge in [-0.25, -0.2) is 4.79 Å². The monoisotopic (exact) mass is 203 g/mol. The van der Waals surface area contributed by atoms with Gasteiger partial charge in [0.2, 0.25) is 0 Å². The number of carbonyl (C=O) groups is 2. The van der Waals surface area contributed by atoms with Gasteiger partial charge < -0.3 is 4.90 Å². The van der Waals surface area contributed by atoms with Gasteiger partial charge in [-0.2, -0.15) is 5.32 Å². The lowest BCUT2D eigenvalue weighted by Crippen LogP contribution is -2.25. The number of imide groups is 1. The number of amides is 3. The molecule has 0 bridgehead atoms. The minimum absolute atomic E-state index is 0.104. The maximum atomic E-state index is 11.2. The molecule has 4 heteroatoms. The van der Waals surface area contributed by atoms with Gasteiger partial charge in [-0.05, 0) is 12.5 Å². The molecule has 0 saturated carbocycles. The molecule has 1 saturated heterocycles. The van der Waals surface area contributed by atoms with Crippen molar-refractivity contribution < 1.29 is 9.59 Å². The summed E-state index contributed by atoms with van der Waals surface area (Å²) in [5.74, 6) is -0.355. The highest BCUT2D eigenvalue weighted by molar-refractivity contribution is 6.01. The standard InChI is InChI=1S/C11H11N2O2/c1-8-2-4-9(5-3-8)6-13-7-10(14)12-11(13)15/h2-5H,6-7H2,1H3. The van der Waals surface area contributed by atoms with E-state index in [1.165, 1.54) is 10.5 Å². The lowest BCUT2D eigenvalue weighted by atomic mass is 10.1. The normalized spacial score (nSPS) is 15.7. The van der Waals surface area contributed by atoms with Crippen molar-refractivity contribution in [3.8, 4) is 0 Å². The van der Waals surface area contributed by atoms with E-state index in [0.29, 0.717) is 6.54 Å². The molecule has 1 aliphatic rings. The molecule has 1 aromatic rings. The largest absolute Gasteiger partial charge is 0.347 e. The Morgan fingerprint density at radius 2 is 1.93 bits per heavy atom. The maximum absolute atomic E-state index is 11.2. The third-order valence-electron chi connectivity index (χ3n) is 2.31. The number of carbonyl (C=O) groups excluding carboxylic acids is 2. The molecule has 1 radical (unpaired) electrons. The van der Waals surface area contributed by atoms with E-state index in [0.717, 1.165) is 5.56 Å². The average molecular weight is 203 g/mol. The van der Waals surface area contributed by atoms with Crippen molar-refractivity contribution in [3.05, 3.63) is 35.4 Å². The average Bonchev–Trinajstić information content (AvgIpc) is 2.49. The second-order valence-corrected chi connectivity index (χ2v) is 3.63. The molecular weight excluding hydrogens is 192 g/mol. The van der Waals surface area contributed by atoms with Gasteiger partial charge in [0.05, 0.1) is 0 Å². The molecule has 1 heterocycles. The molecule has 0 atom stereocenters. The second-order valence-electron chi connectivity index (χ2n) is 3.63. The summed E-state index contributed by atoms with van der Waals surface area (Å²) < 4.78 is 0. The van der Waals surface area contributed by atoms with Crippen molar-refractivity contribution in [3.63, 3.8) is 0 Å². The van der Waals surface area contributed by atoms with Crippen molar-refractivity contribution >= 4 is 11.9 Å². The van der Waals surface area contributed by atoms with Gasteiger partial charge in [0.15, 0.2) is 0 Å². The molecule has 1 fully saturated rings. The van der Waals surface area contributed by atoms with E-state index in [1.807, 2.05) is 31.2 Å². The number of rotatable bonds is 2. The smallest absolute Gasteiger partial charge is 0.309 e. The highest BCUT2D eigenvalue weighted by Gasteiger charge is 2.28. The number of hydrogen-bond acceptors (Lipinski definition) is 2. The van der Waals surface area contributed by atoms with E-state index < -0.39 is 6.03 Å². The van der Waals surface area contributed by atoms with Crippen LogP contribution in [0.4, 0.5) is 4.79 Å². The van der Waals surface area contributed by atoms with Crippen molar-refractivity contribution in [2.75, 3.05) is 6.54 Å². The molecule has 77 valence electrons. The maximum Gasteiger partial charge on any atom is 0.347 e. The fourth-order valence-electron chi connectivity index (χ4n) is 1.48. The van der Waals surface area contributed by atoms with E-state index in [1.54, 1.807) is 0 Å². The second kappa shape index (κ2) is 3.73. The molecule has 1 aliphatic heterocycles. The van der Waals surface area contributed by atoms with Crippen LogP contribution in [0.5, 0.6) is 0 Å². The van der Waals surface area contributed by atoms with Crippen LogP contribution >= 0.6 is 0 Å². The molecule has 1 aromatic carbocycles. The Hall–Kier alpha value is -1.84.